The van der Waals surface area contributed by atoms with Gasteiger partial charge >= 0.3 is 34.1 Å². The summed E-state index contributed by atoms with van der Waals surface area (Å²) >= 11 is 0. The first-order valence-corrected chi connectivity index (χ1v) is 18.3. The smallest absolute Gasteiger partial charge is 0.0622 e. The van der Waals surface area contributed by atoms with Crippen molar-refractivity contribution >= 4 is 37.1 Å². The monoisotopic (exact) mass is 736 g/mol. The van der Waals surface area contributed by atoms with Crippen LogP contribution in [0, 0.1) is 125 Å². The zero-order valence-corrected chi connectivity index (χ0v) is 30.2. The molecule has 4 aromatic carbocycles. The normalized spacial score (nSPS) is 19.7. The van der Waals surface area contributed by atoms with Crippen molar-refractivity contribution in [2.45, 2.75) is 0 Å². The molecule has 0 spiro atoms. The van der Waals surface area contributed by atoms with E-state index in [9.17, 15) is 0 Å². The largest absolute Gasteiger partial charge is 2.00 e. The number of hydrogen-bond donors (Lipinski definition) is 0. The van der Waals surface area contributed by atoms with Gasteiger partial charge in [0.25, 0.3) is 0 Å². The van der Waals surface area contributed by atoms with Crippen LogP contribution in [-0.2, 0) is 34.1 Å². The van der Waals surface area contributed by atoms with Crippen molar-refractivity contribution < 1.29 is 34.1 Å². The van der Waals surface area contributed by atoms with Crippen LogP contribution in [0.1, 0.15) is 0 Å². The predicted molar refractivity (Wildman–Crippen MR) is 198 cm³/mol. The topological polar surface area (TPSA) is 0 Å². The third-order valence-electron chi connectivity index (χ3n) is 8.07. The molecule has 0 aromatic heterocycles. The van der Waals surface area contributed by atoms with Crippen LogP contribution in [0.2, 0.25) is 0 Å². The number of hydrogen-bond acceptors (Lipinski definition) is 0. The van der Waals surface area contributed by atoms with Crippen LogP contribution < -0.4 is 21.2 Å². The average Bonchev–Trinajstić information content (AvgIpc) is 3.96. The van der Waals surface area contributed by atoms with E-state index in [1.54, 1.807) is 0 Å². The fourth-order valence-corrected chi connectivity index (χ4v) is 10.9. The van der Waals surface area contributed by atoms with Crippen molar-refractivity contribution in [3.05, 3.63) is 246 Å². The van der Waals surface area contributed by atoms with Gasteiger partial charge in [0.1, 0.15) is 0 Å². The molecule has 4 heteroatoms. The molecule has 232 valence electrons. The van der Waals surface area contributed by atoms with Gasteiger partial charge in [0, 0.05) is 11.3 Å². The van der Waals surface area contributed by atoms with E-state index in [0.717, 1.165) is 0 Å². The molecule has 0 saturated heterocycles. The summed E-state index contributed by atoms with van der Waals surface area (Å²) < 4.78 is 0. The molecular weight excluding hydrogens is 702 g/mol. The summed E-state index contributed by atoms with van der Waals surface area (Å²) in [5.74, 6) is 5.33. The first kappa shape index (κ1) is 38.0. The Morgan fingerprint density at radius 1 is 0.271 bits per heavy atom. The van der Waals surface area contributed by atoms with E-state index in [1.165, 1.54) is 56.2 Å². The molecule has 8 rings (SSSR count). The Balaban J connectivity index is 0.000000180. The van der Waals surface area contributed by atoms with Crippen LogP contribution in [0.25, 0.3) is 0 Å². The SMILES string of the molecule is [CH]1[CH][CH][C]([C]2[CH][CH][CH][C]2P(c2ccccc2)c2ccccc2)[CH]1.[CH]1[CH][CH][C]([C]2[CH][CH][CH][C]2P(c2ccccc2)c2ccccc2)[CH]1.[Fe+2].[Fe+2]. The zero-order valence-electron chi connectivity index (χ0n) is 26.2. The minimum Gasteiger partial charge on any atom is -0.0622 e. The van der Waals surface area contributed by atoms with E-state index >= 15 is 0 Å². The molecule has 0 N–H and O–H groups in total. The maximum atomic E-state index is 2.29. The van der Waals surface area contributed by atoms with Gasteiger partial charge in [-0.05, 0) is 151 Å². The Kier molecular flexibility index (Phi) is 15.4. The van der Waals surface area contributed by atoms with E-state index in [4.69, 9.17) is 0 Å². The van der Waals surface area contributed by atoms with Gasteiger partial charge in [0.05, 0.1) is 0 Å². The minimum absolute atomic E-state index is 0. The van der Waals surface area contributed by atoms with Gasteiger partial charge in [-0.3, -0.25) is 0 Å². The van der Waals surface area contributed by atoms with Crippen molar-refractivity contribution in [1.82, 2.24) is 0 Å². The van der Waals surface area contributed by atoms with Gasteiger partial charge in [-0.1, -0.05) is 121 Å². The van der Waals surface area contributed by atoms with Gasteiger partial charge in [-0.25, -0.2) is 0 Å². The third-order valence-corrected chi connectivity index (χ3v) is 13.1. The summed E-state index contributed by atoms with van der Waals surface area (Å²) in [6.07, 6.45) is 30.6. The molecule has 0 nitrogen and oxygen atoms in total. The maximum absolute atomic E-state index is 2.29. The van der Waals surface area contributed by atoms with Crippen LogP contribution in [0.5, 0.6) is 0 Å². The summed E-state index contributed by atoms with van der Waals surface area (Å²) in [7, 11) is -1.07. The van der Waals surface area contributed by atoms with E-state index in [0.29, 0.717) is 0 Å². The average molecular weight is 736 g/mol. The summed E-state index contributed by atoms with van der Waals surface area (Å²) in [6, 6.07) is 43.5. The molecule has 4 saturated carbocycles. The summed E-state index contributed by atoms with van der Waals surface area (Å²) in [4.78, 5) is 0. The minimum atomic E-state index is -0.534. The fraction of sp³-hybridized carbons (Fsp3) is 0. The van der Waals surface area contributed by atoms with Crippen LogP contribution in [0.4, 0.5) is 0 Å². The molecule has 0 bridgehead atoms. The van der Waals surface area contributed by atoms with Crippen molar-refractivity contribution in [2.75, 3.05) is 0 Å². The second-order valence-corrected chi connectivity index (χ2v) is 15.4. The molecule has 4 aliphatic carbocycles. The Bertz CT molecular complexity index is 1250. The van der Waals surface area contributed by atoms with Crippen LogP contribution in [0.15, 0.2) is 121 Å². The summed E-state index contributed by atoms with van der Waals surface area (Å²) in [5, 5.41) is 5.58. The molecule has 48 heavy (non-hydrogen) atoms. The van der Waals surface area contributed by atoms with Crippen LogP contribution in [-0.4, -0.2) is 0 Å². The van der Waals surface area contributed by atoms with E-state index < -0.39 is 15.8 Å². The quantitative estimate of drug-likeness (QED) is 0.126. The molecule has 4 fully saturated rings. The second kappa shape index (κ2) is 19.4. The van der Waals surface area contributed by atoms with Crippen LogP contribution >= 0.6 is 15.8 Å². The Hall–Kier alpha value is -1.22. The van der Waals surface area contributed by atoms with Gasteiger partial charge in [0.2, 0.25) is 0 Å². The summed E-state index contributed by atoms with van der Waals surface area (Å²) in [5.41, 5.74) is 2.87. The van der Waals surface area contributed by atoms with Gasteiger partial charge < -0.3 is 0 Å². The van der Waals surface area contributed by atoms with Gasteiger partial charge in [0.15, 0.2) is 0 Å². The molecule has 0 atom stereocenters. The van der Waals surface area contributed by atoms with Crippen molar-refractivity contribution in [3.63, 3.8) is 0 Å². The van der Waals surface area contributed by atoms with Crippen LogP contribution in [0.3, 0.4) is 0 Å². The Labute approximate surface area is 315 Å². The van der Waals surface area contributed by atoms with E-state index in [-0.39, 0.29) is 34.1 Å². The van der Waals surface area contributed by atoms with Gasteiger partial charge in [-0.15, -0.1) is 0 Å². The van der Waals surface area contributed by atoms with Crippen molar-refractivity contribution in [1.29, 1.82) is 0 Å². The molecule has 0 amide bonds. The molecule has 20 radical (unpaired) electrons. The molecule has 0 aliphatic heterocycles. The molecule has 4 aromatic rings. The second-order valence-electron chi connectivity index (χ2n) is 11.0. The zero-order chi connectivity index (χ0) is 31.0. The Morgan fingerprint density at radius 2 is 0.542 bits per heavy atom. The van der Waals surface area contributed by atoms with Crippen molar-refractivity contribution in [2.24, 2.45) is 0 Å². The maximum Gasteiger partial charge on any atom is 2.00 e. The first-order chi connectivity index (χ1) is 22.9. The predicted octanol–water partition coefficient (Wildman–Crippen LogP) is 8.51. The molecule has 4 aliphatic rings. The van der Waals surface area contributed by atoms with Gasteiger partial charge in [-0.2, -0.15) is 0 Å². The summed E-state index contributed by atoms with van der Waals surface area (Å²) in [6.45, 7) is 0. The number of benzene rings is 4. The molecule has 0 unspecified atom stereocenters. The first-order valence-electron chi connectivity index (χ1n) is 15.6. The number of rotatable bonds is 8. The fourth-order valence-electron chi connectivity index (χ4n) is 5.97. The van der Waals surface area contributed by atoms with Crippen molar-refractivity contribution in [3.8, 4) is 0 Å². The van der Waals surface area contributed by atoms with E-state index in [2.05, 4.69) is 211 Å². The Morgan fingerprint density at radius 3 is 0.812 bits per heavy atom. The third kappa shape index (κ3) is 9.16. The molecular formula is C44H34Fe2P2+4. The van der Waals surface area contributed by atoms with E-state index in [1.807, 2.05) is 0 Å². The standard InChI is InChI=1S/2C22H17P.2Fe/c2*1-3-12-19(13-4-1)23(20-14-5-2-6-15-20)22-17-9-16-21(22)18-10-7-8-11-18;;/h2*1-17H;;/q;;2*+2. The molecule has 0 heterocycles.